The Kier molecular flexibility index (Phi) is 5.08. The molecule has 0 atom stereocenters. The zero-order valence-corrected chi connectivity index (χ0v) is 14.6. The summed E-state index contributed by atoms with van der Waals surface area (Å²) in [6.07, 6.45) is 1.04. The number of halogens is 2. The highest BCUT2D eigenvalue weighted by atomic mass is 79.9. The minimum Gasteiger partial charge on any atom is -0.486 e. The van der Waals surface area contributed by atoms with Crippen molar-refractivity contribution in [2.24, 2.45) is 0 Å². The van der Waals surface area contributed by atoms with Gasteiger partial charge in [-0.25, -0.2) is 0 Å². The zero-order valence-electron chi connectivity index (χ0n) is 12.3. The van der Waals surface area contributed by atoms with Crippen LogP contribution in [-0.4, -0.2) is 19.1 Å². The van der Waals surface area contributed by atoms with Crippen molar-refractivity contribution in [2.45, 2.75) is 12.8 Å². The van der Waals surface area contributed by atoms with Crippen LogP contribution in [0, 0.1) is 0 Å². The Bertz CT molecular complexity index is 736. The maximum atomic E-state index is 12.1. The number of anilines is 1. The fraction of sp³-hybridized carbons (Fsp3) is 0.235. The van der Waals surface area contributed by atoms with E-state index in [9.17, 15) is 4.79 Å². The Labute approximate surface area is 147 Å². The van der Waals surface area contributed by atoms with Crippen molar-refractivity contribution in [2.75, 3.05) is 18.5 Å². The molecule has 0 fully saturated rings. The molecule has 0 unspecified atom stereocenters. The highest BCUT2D eigenvalue weighted by molar-refractivity contribution is 9.10. The molecule has 0 saturated carbocycles. The largest absolute Gasteiger partial charge is 0.486 e. The van der Waals surface area contributed by atoms with Crippen LogP contribution >= 0.6 is 27.5 Å². The summed E-state index contributed by atoms with van der Waals surface area (Å²) in [6.45, 7) is 0.993. The van der Waals surface area contributed by atoms with E-state index in [0.717, 1.165) is 10.0 Å². The normalized spacial score (nSPS) is 12.8. The molecule has 0 saturated heterocycles. The van der Waals surface area contributed by atoms with E-state index in [1.807, 2.05) is 24.3 Å². The van der Waals surface area contributed by atoms with Crippen LogP contribution in [0.3, 0.4) is 0 Å². The number of carbonyl (C=O) groups is 1. The quantitative estimate of drug-likeness (QED) is 0.831. The van der Waals surface area contributed by atoms with Gasteiger partial charge >= 0.3 is 0 Å². The second-order valence-corrected chi connectivity index (χ2v) is 6.48. The molecule has 23 heavy (non-hydrogen) atoms. The molecule has 0 bridgehead atoms. The number of benzene rings is 2. The van der Waals surface area contributed by atoms with Gasteiger partial charge < -0.3 is 14.8 Å². The molecule has 1 heterocycles. The first kappa shape index (κ1) is 16.1. The molecule has 120 valence electrons. The van der Waals surface area contributed by atoms with Gasteiger partial charge in [-0.1, -0.05) is 39.7 Å². The number of carbonyl (C=O) groups excluding carboxylic acids is 1. The standard InChI is InChI=1S/C17H15BrClNO3/c18-12-3-1-2-11(8-12)4-5-17(21)20-14-10-16-15(9-13(14)19)22-6-7-23-16/h1-3,8-10H,4-7H2,(H,20,21). The van der Waals surface area contributed by atoms with Crippen molar-refractivity contribution in [1.82, 2.24) is 0 Å². The predicted molar refractivity (Wildman–Crippen MR) is 93.5 cm³/mol. The van der Waals surface area contributed by atoms with Crippen LogP contribution < -0.4 is 14.8 Å². The van der Waals surface area contributed by atoms with E-state index in [0.29, 0.717) is 48.3 Å². The fourth-order valence-electron chi connectivity index (χ4n) is 2.32. The van der Waals surface area contributed by atoms with E-state index in [1.165, 1.54) is 0 Å². The SMILES string of the molecule is O=C(CCc1cccc(Br)c1)Nc1cc2c(cc1Cl)OCCO2. The predicted octanol–water partition coefficient (Wildman–Crippen LogP) is 4.45. The molecular weight excluding hydrogens is 382 g/mol. The third-order valence-corrected chi connectivity index (χ3v) is 4.24. The van der Waals surface area contributed by atoms with Gasteiger partial charge in [-0.05, 0) is 24.1 Å². The van der Waals surface area contributed by atoms with E-state index in [4.69, 9.17) is 21.1 Å². The van der Waals surface area contributed by atoms with Crippen LogP contribution in [0.1, 0.15) is 12.0 Å². The van der Waals surface area contributed by atoms with Crippen molar-refractivity contribution < 1.29 is 14.3 Å². The lowest BCUT2D eigenvalue weighted by molar-refractivity contribution is -0.116. The molecule has 1 N–H and O–H groups in total. The minimum atomic E-state index is -0.0939. The monoisotopic (exact) mass is 395 g/mol. The van der Waals surface area contributed by atoms with Gasteiger partial charge in [0.2, 0.25) is 5.91 Å². The van der Waals surface area contributed by atoms with Crippen molar-refractivity contribution >= 4 is 39.1 Å². The summed E-state index contributed by atoms with van der Waals surface area (Å²) in [7, 11) is 0. The summed E-state index contributed by atoms with van der Waals surface area (Å²) < 4.78 is 12.0. The second kappa shape index (κ2) is 7.23. The highest BCUT2D eigenvalue weighted by Crippen LogP contribution is 2.38. The second-order valence-electron chi connectivity index (χ2n) is 5.15. The molecular formula is C17H15BrClNO3. The smallest absolute Gasteiger partial charge is 0.224 e. The molecule has 0 radical (unpaired) electrons. The summed E-state index contributed by atoms with van der Waals surface area (Å²) in [6, 6.07) is 11.3. The zero-order chi connectivity index (χ0) is 16.2. The van der Waals surface area contributed by atoms with Crippen molar-refractivity contribution in [1.29, 1.82) is 0 Å². The van der Waals surface area contributed by atoms with Gasteiger partial charge in [-0.3, -0.25) is 4.79 Å². The summed E-state index contributed by atoms with van der Waals surface area (Å²) >= 11 is 9.61. The van der Waals surface area contributed by atoms with Crippen LogP contribution in [0.5, 0.6) is 11.5 Å². The Balaban J connectivity index is 1.63. The van der Waals surface area contributed by atoms with Gasteiger partial charge in [0.1, 0.15) is 13.2 Å². The molecule has 0 aromatic heterocycles. The first-order valence-electron chi connectivity index (χ1n) is 7.25. The molecule has 2 aromatic carbocycles. The molecule has 0 spiro atoms. The topological polar surface area (TPSA) is 47.6 Å². The summed E-state index contributed by atoms with van der Waals surface area (Å²) in [5.41, 5.74) is 1.64. The Morgan fingerprint density at radius 1 is 1.17 bits per heavy atom. The number of fused-ring (bicyclic) bond motifs is 1. The maximum Gasteiger partial charge on any atom is 0.224 e. The summed E-state index contributed by atoms with van der Waals surface area (Å²) in [4.78, 5) is 12.1. The minimum absolute atomic E-state index is 0.0939. The third-order valence-electron chi connectivity index (χ3n) is 3.44. The Morgan fingerprint density at radius 2 is 1.91 bits per heavy atom. The lowest BCUT2D eigenvalue weighted by atomic mass is 10.1. The number of ether oxygens (including phenoxy) is 2. The van der Waals surface area contributed by atoms with Gasteiger partial charge in [-0.15, -0.1) is 0 Å². The van der Waals surface area contributed by atoms with Gasteiger partial charge in [0.05, 0.1) is 10.7 Å². The lowest BCUT2D eigenvalue weighted by Crippen LogP contribution is -2.17. The van der Waals surface area contributed by atoms with E-state index >= 15 is 0 Å². The molecule has 1 aliphatic heterocycles. The Hall–Kier alpha value is -1.72. The average Bonchev–Trinajstić information content (AvgIpc) is 2.54. The van der Waals surface area contributed by atoms with Crippen LogP contribution in [0.2, 0.25) is 5.02 Å². The molecule has 1 aliphatic rings. The molecule has 0 aliphatic carbocycles. The number of amides is 1. The van der Waals surface area contributed by atoms with E-state index in [1.54, 1.807) is 12.1 Å². The van der Waals surface area contributed by atoms with Crippen LogP contribution in [0.4, 0.5) is 5.69 Å². The van der Waals surface area contributed by atoms with Crippen molar-refractivity contribution in [3.8, 4) is 11.5 Å². The molecule has 4 nitrogen and oxygen atoms in total. The number of hydrogen-bond acceptors (Lipinski definition) is 3. The molecule has 2 aromatic rings. The summed E-state index contributed by atoms with van der Waals surface area (Å²) in [5.74, 6) is 1.11. The van der Waals surface area contributed by atoms with Gasteiger partial charge in [0.25, 0.3) is 0 Å². The number of nitrogens with one attached hydrogen (secondary N) is 1. The number of rotatable bonds is 4. The maximum absolute atomic E-state index is 12.1. The first-order chi connectivity index (χ1) is 11.1. The highest BCUT2D eigenvalue weighted by Gasteiger charge is 2.16. The molecule has 1 amide bonds. The number of aryl methyl sites for hydroxylation is 1. The summed E-state index contributed by atoms with van der Waals surface area (Å²) in [5, 5.41) is 3.26. The lowest BCUT2D eigenvalue weighted by Gasteiger charge is -2.20. The van der Waals surface area contributed by atoms with Gasteiger partial charge in [-0.2, -0.15) is 0 Å². The third kappa shape index (κ3) is 4.18. The molecule has 3 rings (SSSR count). The van der Waals surface area contributed by atoms with Crippen LogP contribution in [0.15, 0.2) is 40.9 Å². The first-order valence-corrected chi connectivity index (χ1v) is 8.42. The van der Waals surface area contributed by atoms with E-state index in [-0.39, 0.29) is 5.91 Å². The van der Waals surface area contributed by atoms with Gasteiger partial charge in [0, 0.05) is 23.0 Å². The van der Waals surface area contributed by atoms with E-state index in [2.05, 4.69) is 21.2 Å². The van der Waals surface area contributed by atoms with Crippen LogP contribution in [0.25, 0.3) is 0 Å². The van der Waals surface area contributed by atoms with Crippen molar-refractivity contribution in [3.05, 3.63) is 51.5 Å². The fourth-order valence-corrected chi connectivity index (χ4v) is 2.97. The van der Waals surface area contributed by atoms with Crippen molar-refractivity contribution in [3.63, 3.8) is 0 Å². The van der Waals surface area contributed by atoms with Gasteiger partial charge in [0.15, 0.2) is 11.5 Å². The number of hydrogen-bond donors (Lipinski definition) is 1. The molecule has 6 heteroatoms. The van der Waals surface area contributed by atoms with Crippen LogP contribution in [-0.2, 0) is 11.2 Å². The average molecular weight is 397 g/mol. The Morgan fingerprint density at radius 3 is 2.65 bits per heavy atom. The van der Waals surface area contributed by atoms with E-state index < -0.39 is 0 Å².